The minimum absolute atomic E-state index is 0.0459. The van der Waals surface area contributed by atoms with E-state index in [0.29, 0.717) is 36.2 Å². The Hall–Kier alpha value is -5.06. The van der Waals surface area contributed by atoms with Gasteiger partial charge in [-0.2, -0.15) is 8.78 Å². The molecule has 0 atom stereocenters. The van der Waals surface area contributed by atoms with Gasteiger partial charge in [0.25, 0.3) is 0 Å². The molecule has 11 heteroatoms. The first-order chi connectivity index (χ1) is 21.5. The Kier molecular flexibility index (Phi) is 8.99. The van der Waals surface area contributed by atoms with E-state index in [2.05, 4.69) is 14.7 Å². The molecule has 0 unspecified atom stereocenters. The molecule has 4 aromatic carbocycles. The van der Waals surface area contributed by atoms with Gasteiger partial charge in [0.05, 0.1) is 0 Å². The van der Waals surface area contributed by atoms with E-state index in [1.807, 2.05) is 19.1 Å². The molecule has 0 bridgehead atoms. The Morgan fingerprint density at radius 3 is 1.80 bits per heavy atom. The second-order valence-electron chi connectivity index (χ2n) is 9.93. The first-order valence-corrected chi connectivity index (χ1v) is 13.5. The maximum atomic E-state index is 15.0. The third-order valence-electron chi connectivity index (χ3n) is 6.83. The molecule has 0 saturated carbocycles. The highest BCUT2D eigenvalue weighted by molar-refractivity contribution is 5.71. The van der Waals surface area contributed by atoms with Crippen molar-refractivity contribution in [3.05, 3.63) is 137 Å². The molecule has 0 amide bonds. The summed E-state index contributed by atoms with van der Waals surface area (Å²) in [6.45, 7) is 1.89. The third kappa shape index (κ3) is 6.87. The average Bonchev–Trinajstić information content (AvgIpc) is 2.99. The number of aryl methyl sites for hydroxylation is 1. The number of hydrogen-bond acceptors (Lipinski definition) is 3. The molecular formula is C34H22F8N2O. The van der Waals surface area contributed by atoms with Gasteiger partial charge < -0.3 is 4.74 Å². The molecule has 45 heavy (non-hydrogen) atoms. The van der Waals surface area contributed by atoms with Gasteiger partial charge in [-0.15, -0.1) is 0 Å². The van der Waals surface area contributed by atoms with E-state index in [0.717, 1.165) is 30.2 Å². The summed E-state index contributed by atoms with van der Waals surface area (Å²) in [5.41, 5.74) is -0.780. The first-order valence-electron chi connectivity index (χ1n) is 13.5. The van der Waals surface area contributed by atoms with E-state index in [1.54, 1.807) is 0 Å². The Morgan fingerprint density at radius 2 is 1.22 bits per heavy atom. The van der Waals surface area contributed by atoms with Crippen molar-refractivity contribution in [3.63, 3.8) is 0 Å². The fourth-order valence-corrected chi connectivity index (χ4v) is 4.58. The zero-order chi connectivity index (χ0) is 32.3. The standard InChI is InChI=1S/C34H22F8N2O/c1-2-3-4-5-19-17-43-33(44-18-19)23-15-27(36)31(28(37)16-23)34(41,42)45-24-9-6-20(7-10-24)21-8-11-25(26(35)12-21)22-13-29(38)32(40)30(39)14-22/h2-3,6-18H,4-5H2,1H3/b3-2+. The lowest BCUT2D eigenvalue weighted by molar-refractivity contribution is -0.189. The van der Waals surface area contributed by atoms with E-state index in [1.165, 1.54) is 36.7 Å². The fraction of sp³-hybridized carbons (Fsp3) is 0.118. The molecule has 0 aliphatic rings. The highest BCUT2D eigenvalue weighted by Gasteiger charge is 2.41. The van der Waals surface area contributed by atoms with Gasteiger partial charge in [-0.25, -0.2) is 36.3 Å². The number of rotatable bonds is 9. The summed E-state index contributed by atoms with van der Waals surface area (Å²) in [4.78, 5) is 8.17. The topological polar surface area (TPSA) is 35.0 Å². The second kappa shape index (κ2) is 12.9. The van der Waals surface area contributed by atoms with Crippen molar-refractivity contribution in [2.45, 2.75) is 25.9 Å². The Labute approximate surface area is 252 Å². The third-order valence-corrected chi connectivity index (χ3v) is 6.83. The van der Waals surface area contributed by atoms with Gasteiger partial charge in [0, 0.05) is 23.5 Å². The van der Waals surface area contributed by atoms with Crippen molar-refractivity contribution in [3.8, 4) is 39.4 Å². The number of benzene rings is 4. The lowest BCUT2D eigenvalue weighted by Crippen LogP contribution is -2.25. The number of alkyl halides is 2. The number of nitrogens with zero attached hydrogens (tertiary/aromatic N) is 2. The van der Waals surface area contributed by atoms with E-state index in [9.17, 15) is 35.1 Å². The molecular weight excluding hydrogens is 604 g/mol. The van der Waals surface area contributed by atoms with E-state index in [-0.39, 0.29) is 28.1 Å². The van der Waals surface area contributed by atoms with Gasteiger partial charge in [-0.05, 0) is 84.5 Å². The maximum Gasteiger partial charge on any atom is 0.432 e. The summed E-state index contributed by atoms with van der Waals surface area (Å²) < 4.78 is 120. The number of halogens is 8. The number of allylic oxidation sites excluding steroid dienone is 2. The van der Waals surface area contributed by atoms with Crippen molar-refractivity contribution in [1.29, 1.82) is 0 Å². The molecule has 1 aromatic heterocycles. The van der Waals surface area contributed by atoms with E-state index in [4.69, 9.17) is 0 Å². The van der Waals surface area contributed by atoms with Crippen LogP contribution in [0.25, 0.3) is 33.6 Å². The van der Waals surface area contributed by atoms with Gasteiger partial charge in [0.15, 0.2) is 23.3 Å². The molecule has 0 aliphatic heterocycles. The largest absolute Gasteiger partial charge is 0.432 e. The van der Waals surface area contributed by atoms with Crippen LogP contribution in [0.5, 0.6) is 5.75 Å². The van der Waals surface area contributed by atoms with Gasteiger partial charge >= 0.3 is 6.11 Å². The zero-order valence-corrected chi connectivity index (χ0v) is 23.4. The lowest BCUT2D eigenvalue weighted by atomic mass is 9.99. The number of aromatic nitrogens is 2. The Balaban J connectivity index is 1.32. The molecule has 0 aliphatic carbocycles. The van der Waals surface area contributed by atoms with Gasteiger partial charge in [-0.3, -0.25) is 0 Å². The van der Waals surface area contributed by atoms with Gasteiger partial charge in [0.1, 0.15) is 28.8 Å². The molecule has 230 valence electrons. The zero-order valence-electron chi connectivity index (χ0n) is 23.4. The van der Waals surface area contributed by atoms with Crippen LogP contribution in [0, 0.1) is 34.9 Å². The van der Waals surface area contributed by atoms with Crippen molar-refractivity contribution < 1.29 is 39.9 Å². The molecule has 3 nitrogen and oxygen atoms in total. The van der Waals surface area contributed by atoms with Crippen LogP contribution in [-0.2, 0) is 12.5 Å². The van der Waals surface area contributed by atoms with Crippen molar-refractivity contribution in [2.75, 3.05) is 0 Å². The van der Waals surface area contributed by atoms with Crippen molar-refractivity contribution >= 4 is 0 Å². The summed E-state index contributed by atoms with van der Waals surface area (Å²) in [5, 5.41) is 0. The maximum absolute atomic E-state index is 15.0. The van der Waals surface area contributed by atoms with Gasteiger partial charge in [0.2, 0.25) is 0 Å². The second-order valence-corrected chi connectivity index (χ2v) is 9.93. The highest BCUT2D eigenvalue weighted by Crippen LogP contribution is 2.37. The summed E-state index contributed by atoms with van der Waals surface area (Å²) >= 11 is 0. The molecule has 0 radical (unpaired) electrons. The van der Waals surface area contributed by atoms with Crippen LogP contribution in [-0.4, -0.2) is 9.97 Å². The molecule has 0 spiro atoms. The molecule has 1 heterocycles. The van der Waals surface area contributed by atoms with Crippen LogP contribution in [0.1, 0.15) is 24.5 Å². The fourth-order valence-electron chi connectivity index (χ4n) is 4.58. The van der Waals surface area contributed by atoms with Crippen LogP contribution < -0.4 is 4.74 Å². The van der Waals surface area contributed by atoms with Crippen molar-refractivity contribution in [1.82, 2.24) is 9.97 Å². The lowest BCUT2D eigenvalue weighted by Gasteiger charge is -2.20. The predicted octanol–water partition coefficient (Wildman–Crippen LogP) is 9.95. The molecule has 5 aromatic rings. The number of ether oxygens (including phenoxy) is 1. The summed E-state index contributed by atoms with van der Waals surface area (Å²) in [6, 6.07) is 11.1. The minimum Gasteiger partial charge on any atom is -0.429 e. The summed E-state index contributed by atoms with van der Waals surface area (Å²) in [5.74, 6) is -9.15. The SMILES string of the molecule is C/C=C/CCc1cnc(-c2cc(F)c(C(F)(F)Oc3ccc(-c4ccc(-c5cc(F)c(F)c(F)c5)c(F)c4)cc3)c(F)c2)nc1. The molecule has 0 fully saturated rings. The normalized spacial score (nSPS) is 11.8. The molecule has 0 saturated heterocycles. The molecule has 0 N–H and O–H groups in total. The smallest absolute Gasteiger partial charge is 0.429 e. The Bertz CT molecular complexity index is 1830. The van der Waals surface area contributed by atoms with Crippen LogP contribution in [0.3, 0.4) is 0 Å². The van der Waals surface area contributed by atoms with E-state index >= 15 is 0 Å². The predicted molar refractivity (Wildman–Crippen MR) is 152 cm³/mol. The highest BCUT2D eigenvalue weighted by atomic mass is 19.3. The minimum atomic E-state index is -4.42. The first kappa shape index (κ1) is 31.4. The average molecular weight is 627 g/mol. The van der Waals surface area contributed by atoms with Gasteiger partial charge in [-0.1, -0.05) is 36.4 Å². The van der Waals surface area contributed by atoms with Crippen LogP contribution in [0.4, 0.5) is 35.1 Å². The van der Waals surface area contributed by atoms with E-state index < -0.39 is 52.3 Å². The van der Waals surface area contributed by atoms with Crippen LogP contribution in [0.15, 0.2) is 91.3 Å². The summed E-state index contributed by atoms with van der Waals surface area (Å²) in [6.07, 6.45) is 3.84. The number of hydrogen-bond donors (Lipinski definition) is 0. The van der Waals surface area contributed by atoms with Crippen LogP contribution >= 0.6 is 0 Å². The Morgan fingerprint density at radius 1 is 0.667 bits per heavy atom. The monoisotopic (exact) mass is 626 g/mol. The quantitative estimate of drug-likeness (QED) is 0.0928. The van der Waals surface area contributed by atoms with Crippen molar-refractivity contribution in [2.24, 2.45) is 0 Å². The molecule has 5 rings (SSSR count). The van der Waals surface area contributed by atoms with Crippen LogP contribution in [0.2, 0.25) is 0 Å². The summed E-state index contributed by atoms with van der Waals surface area (Å²) in [7, 11) is 0.